The lowest BCUT2D eigenvalue weighted by Gasteiger charge is -2.32. The van der Waals surface area contributed by atoms with Gasteiger partial charge in [0.15, 0.2) is 5.96 Å². The molecule has 5 nitrogen and oxygen atoms in total. The summed E-state index contributed by atoms with van der Waals surface area (Å²) < 4.78 is 0. The Kier molecular flexibility index (Phi) is 5.68. The molecular weight excluding hydrogens is 334 g/mol. The summed E-state index contributed by atoms with van der Waals surface area (Å²) in [5.41, 5.74) is 2.58. The highest BCUT2D eigenvalue weighted by Crippen LogP contribution is 2.40. The van der Waals surface area contributed by atoms with Crippen LogP contribution in [0.3, 0.4) is 0 Å². The van der Waals surface area contributed by atoms with E-state index in [0.717, 1.165) is 44.1 Å². The number of aliphatic imine (C=N–C) groups is 1. The number of hydrogen-bond acceptors (Lipinski definition) is 3. The second kappa shape index (κ2) is 8.53. The van der Waals surface area contributed by atoms with Crippen molar-refractivity contribution in [2.75, 3.05) is 20.1 Å². The minimum Gasteiger partial charge on any atom is -0.354 e. The van der Waals surface area contributed by atoms with Gasteiger partial charge in [-0.2, -0.15) is 0 Å². The number of piperidine rings is 1. The zero-order valence-electron chi connectivity index (χ0n) is 16.0. The van der Waals surface area contributed by atoms with Crippen LogP contribution in [0.4, 0.5) is 0 Å². The molecule has 0 spiro atoms. The molecule has 2 atom stereocenters. The maximum absolute atomic E-state index is 4.45. The number of nitrogens with one attached hydrogen (secondary N) is 2. The molecule has 1 saturated carbocycles. The minimum atomic E-state index is 0.491. The third-order valence-corrected chi connectivity index (χ3v) is 5.60. The molecule has 0 radical (unpaired) electrons. The Morgan fingerprint density at radius 3 is 2.56 bits per heavy atom. The first-order chi connectivity index (χ1) is 13.3. The molecule has 1 aromatic carbocycles. The van der Waals surface area contributed by atoms with Gasteiger partial charge in [0, 0.05) is 50.9 Å². The summed E-state index contributed by atoms with van der Waals surface area (Å²) in [6.07, 6.45) is 5.34. The summed E-state index contributed by atoms with van der Waals surface area (Å²) in [4.78, 5) is 11.4. The third kappa shape index (κ3) is 4.86. The van der Waals surface area contributed by atoms with Crippen LogP contribution in [0, 0.1) is 0 Å². The van der Waals surface area contributed by atoms with Crippen LogP contribution in [-0.4, -0.2) is 48.1 Å². The van der Waals surface area contributed by atoms with Crippen LogP contribution in [0.2, 0.25) is 0 Å². The van der Waals surface area contributed by atoms with Crippen molar-refractivity contribution in [2.45, 2.75) is 43.8 Å². The predicted octanol–water partition coefficient (Wildman–Crippen LogP) is 2.77. The molecule has 1 saturated heterocycles. The smallest absolute Gasteiger partial charge is 0.191 e. The lowest BCUT2D eigenvalue weighted by molar-refractivity contribution is 0.196. The van der Waals surface area contributed by atoms with E-state index in [0.29, 0.717) is 18.0 Å². The normalized spacial score (nSPS) is 23.8. The first-order valence-corrected chi connectivity index (χ1v) is 9.99. The van der Waals surface area contributed by atoms with E-state index >= 15 is 0 Å². The average molecular weight is 364 g/mol. The van der Waals surface area contributed by atoms with Gasteiger partial charge in [0.2, 0.25) is 0 Å². The van der Waals surface area contributed by atoms with Crippen LogP contribution in [0.5, 0.6) is 0 Å². The van der Waals surface area contributed by atoms with Crippen molar-refractivity contribution in [2.24, 2.45) is 4.99 Å². The minimum absolute atomic E-state index is 0.491. The summed E-state index contributed by atoms with van der Waals surface area (Å²) >= 11 is 0. The van der Waals surface area contributed by atoms with Crippen LogP contribution < -0.4 is 10.6 Å². The molecule has 2 N–H and O–H groups in total. The molecule has 1 aliphatic heterocycles. The molecule has 0 amide bonds. The van der Waals surface area contributed by atoms with Gasteiger partial charge in [0.05, 0.1) is 5.69 Å². The maximum Gasteiger partial charge on any atom is 0.191 e. The number of likely N-dealkylation sites (tertiary alicyclic amines) is 1. The molecule has 4 rings (SSSR count). The largest absolute Gasteiger partial charge is 0.354 e. The Hall–Kier alpha value is -2.40. The Morgan fingerprint density at radius 2 is 1.85 bits per heavy atom. The Morgan fingerprint density at radius 1 is 1.07 bits per heavy atom. The highest BCUT2D eigenvalue weighted by atomic mass is 15.2. The monoisotopic (exact) mass is 363 g/mol. The molecule has 1 aliphatic carbocycles. The first kappa shape index (κ1) is 18.0. The number of rotatable bonds is 5. The van der Waals surface area contributed by atoms with E-state index in [-0.39, 0.29) is 0 Å². The number of aromatic nitrogens is 1. The van der Waals surface area contributed by atoms with Gasteiger partial charge in [-0.15, -0.1) is 0 Å². The molecule has 1 aromatic heterocycles. The van der Waals surface area contributed by atoms with Gasteiger partial charge in [0.1, 0.15) is 0 Å². The average Bonchev–Trinajstić information content (AvgIpc) is 3.49. The molecule has 2 aromatic rings. The van der Waals surface area contributed by atoms with Crippen LogP contribution >= 0.6 is 0 Å². The molecule has 2 aliphatic rings. The van der Waals surface area contributed by atoms with E-state index in [9.17, 15) is 0 Å². The van der Waals surface area contributed by atoms with Gasteiger partial charge in [-0.1, -0.05) is 36.4 Å². The SMILES string of the molecule is CN=C(NC1CCN(Cc2ccccn2)CC1)NC1CC1c1ccccc1. The second-order valence-corrected chi connectivity index (χ2v) is 7.59. The number of guanidine groups is 1. The van der Waals surface area contributed by atoms with Crippen molar-refractivity contribution < 1.29 is 0 Å². The van der Waals surface area contributed by atoms with Crippen molar-refractivity contribution in [1.29, 1.82) is 0 Å². The highest BCUT2D eigenvalue weighted by Gasteiger charge is 2.39. The molecule has 142 valence electrons. The van der Waals surface area contributed by atoms with Crippen molar-refractivity contribution in [3.63, 3.8) is 0 Å². The zero-order valence-corrected chi connectivity index (χ0v) is 16.0. The number of pyridine rings is 1. The summed E-state index contributed by atoms with van der Waals surface area (Å²) in [6, 6.07) is 17.9. The third-order valence-electron chi connectivity index (χ3n) is 5.60. The van der Waals surface area contributed by atoms with Gasteiger partial charge in [-0.25, -0.2) is 0 Å². The van der Waals surface area contributed by atoms with Gasteiger partial charge in [0.25, 0.3) is 0 Å². The zero-order chi connectivity index (χ0) is 18.5. The van der Waals surface area contributed by atoms with Gasteiger partial charge in [-0.05, 0) is 37.0 Å². The fourth-order valence-electron chi connectivity index (χ4n) is 3.92. The van der Waals surface area contributed by atoms with Crippen molar-refractivity contribution >= 4 is 5.96 Å². The lowest BCUT2D eigenvalue weighted by atomic mass is 10.0. The molecule has 2 heterocycles. The molecule has 2 fully saturated rings. The van der Waals surface area contributed by atoms with Crippen molar-refractivity contribution in [1.82, 2.24) is 20.5 Å². The van der Waals surface area contributed by atoms with Gasteiger partial charge in [-0.3, -0.25) is 14.9 Å². The molecular formula is C22H29N5. The van der Waals surface area contributed by atoms with Gasteiger partial charge < -0.3 is 10.6 Å². The van der Waals surface area contributed by atoms with Crippen LogP contribution in [0.15, 0.2) is 59.7 Å². The van der Waals surface area contributed by atoms with Crippen molar-refractivity contribution in [3.05, 3.63) is 66.0 Å². The van der Waals surface area contributed by atoms with E-state index in [1.165, 1.54) is 12.0 Å². The Labute approximate surface area is 161 Å². The van der Waals surface area contributed by atoms with E-state index in [4.69, 9.17) is 0 Å². The van der Waals surface area contributed by atoms with Crippen molar-refractivity contribution in [3.8, 4) is 0 Å². The molecule has 0 bridgehead atoms. The molecule has 2 unspecified atom stereocenters. The topological polar surface area (TPSA) is 52.6 Å². The Balaban J connectivity index is 1.21. The fourth-order valence-corrected chi connectivity index (χ4v) is 3.92. The standard InChI is InChI=1S/C22H29N5/c1-23-22(26-21-15-20(21)17-7-3-2-4-8-17)25-18-10-13-27(14-11-18)16-19-9-5-6-12-24-19/h2-9,12,18,20-21H,10-11,13-16H2,1H3,(H2,23,25,26). The summed E-state index contributed by atoms with van der Waals surface area (Å²) in [5.74, 6) is 1.56. The molecule has 27 heavy (non-hydrogen) atoms. The lowest BCUT2D eigenvalue weighted by Crippen LogP contribution is -2.49. The van der Waals surface area contributed by atoms with Crippen LogP contribution in [-0.2, 0) is 6.54 Å². The van der Waals surface area contributed by atoms with E-state index in [2.05, 4.69) is 68.0 Å². The van der Waals surface area contributed by atoms with Crippen LogP contribution in [0.1, 0.15) is 36.4 Å². The van der Waals surface area contributed by atoms with E-state index in [1.54, 1.807) is 0 Å². The first-order valence-electron chi connectivity index (χ1n) is 9.99. The summed E-state index contributed by atoms with van der Waals surface area (Å²) in [5, 5.41) is 7.23. The summed E-state index contributed by atoms with van der Waals surface area (Å²) in [7, 11) is 1.87. The number of benzene rings is 1. The second-order valence-electron chi connectivity index (χ2n) is 7.59. The van der Waals surface area contributed by atoms with E-state index in [1.807, 2.05) is 19.3 Å². The number of hydrogen-bond donors (Lipinski definition) is 2. The fraction of sp³-hybridized carbons (Fsp3) is 0.455. The van der Waals surface area contributed by atoms with Gasteiger partial charge >= 0.3 is 0 Å². The molecule has 5 heteroatoms. The Bertz CT molecular complexity index is 738. The van der Waals surface area contributed by atoms with E-state index < -0.39 is 0 Å². The highest BCUT2D eigenvalue weighted by molar-refractivity contribution is 5.80. The predicted molar refractivity (Wildman–Crippen MR) is 110 cm³/mol. The number of nitrogens with zero attached hydrogens (tertiary/aromatic N) is 3. The van der Waals surface area contributed by atoms with Crippen LogP contribution in [0.25, 0.3) is 0 Å². The summed E-state index contributed by atoms with van der Waals surface area (Å²) in [6.45, 7) is 3.14. The quantitative estimate of drug-likeness (QED) is 0.634. The maximum atomic E-state index is 4.45.